The molecule has 0 amide bonds. The van der Waals surface area contributed by atoms with Crippen molar-refractivity contribution in [2.75, 3.05) is 0 Å². The molecule has 2 aromatic carbocycles. The molecule has 1 aliphatic heterocycles. The minimum absolute atomic E-state index is 0. The number of allylic oxidation sites excluding steroid dienone is 4. The van der Waals surface area contributed by atoms with Crippen LogP contribution in [0.5, 0.6) is 0 Å². The average Bonchev–Trinajstić information content (AvgIpc) is 3.59. The van der Waals surface area contributed by atoms with Gasteiger partial charge in [0.05, 0.1) is 5.57 Å². The summed E-state index contributed by atoms with van der Waals surface area (Å²) >= 11 is 0. The summed E-state index contributed by atoms with van der Waals surface area (Å²) in [7, 11) is 0. The van der Waals surface area contributed by atoms with Crippen LogP contribution in [0.1, 0.15) is 269 Å². The van der Waals surface area contributed by atoms with Crippen molar-refractivity contribution in [3.8, 4) is 0 Å². The molecule has 0 aromatic heterocycles. The van der Waals surface area contributed by atoms with Gasteiger partial charge in [0.2, 0.25) is 11.4 Å². The Morgan fingerprint density at radius 1 is 0.429 bits per heavy atom. The summed E-state index contributed by atoms with van der Waals surface area (Å²) in [4.78, 5) is 0. The molecule has 0 aliphatic carbocycles. The number of unbranched alkanes of at least 4 members (excludes halogenated alkanes) is 27. The average molecular weight is 908 g/mol. The molecule has 0 spiro atoms. The maximum absolute atomic E-state index is 12.1. The molecule has 0 radical (unpaired) electrons. The molecular formula is C60H100N2Ni. The van der Waals surface area contributed by atoms with E-state index in [0.717, 1.165) is 61.0 Å². The SMILES string of the molecule is CCCCCCCCCCCCCCCCCCCCCCCCCCC=CC1=C(c2cccc(CCCC)c2)[N+](=[N-])C(c2cccc(CCCC)c2)=C1CCCC.[CH2-]C.[CH2-]C.[Ni+2]. The zero-order valence-corrected chi connectivity index (χ0v) is 43.4. The number of nitrogens with zero attached hydrogens (tertiary/aromatic N) is 2. The Hall–Kier alpha value is -2.25. The summed E-state index contributed by atoms with van der Waals surface area (Å²) in [5, 5.41) is 0. The van der Waals surface area contributed by atoms with Crippen LogP contribution in [0, 0.1) is 13.8 Å². The first-order chi connectivity index (χ1) is 30.6. The van der Waals surface area contributed by atoms with Gasteiger partial charge in [0.25, 0.3) is 0 Å². The van der Waals surface area contributed by atoms with Crippen LogP contribution >= 0.6 is 0 Å². The Balaban J connectivity index is 0.00000746. The van der Waals surface area contributed by atoms with E-state index in [1.165, 1.54) is 202 Å². The van der Waals surface area contributed by atoms with Gasteiger partial charge in [-0.3, -0.25) is 0 Å². The van der Waals surface area contributed by atoms with Crippen molar-refractivity contribution in [2.45, 2.75) is 260 Å². The smallest absolute Gasteiger partial charge is 0.493 e. The predicted octanol–water partition coefficient (Wildman–Crippen LogP) is 20.7. The van der Waals surface area contributed by atoms with Crippen molar-refractivity contribution in [1.29, 1.82) is 0 Å². The van der Waals surface area contributed by atoms with Crippen molar-refractivity contribution in [3.05, 3.63) is 113 Å². The van der Waals surface area contributed by atoms with Crippen LogP contribution in [0.25, 0.3) is 16.9 Å². The first-order valence-electron chi connectivity index (χ1n) is 26.9. The van der Waals surface area contributed by atoms with Gasteiger partial charge < -0.3 is 19.4 Å². The molecule has 360 valence electrons. The number of benzene rings is 2. The summed E-state index contributed by atoms with van der Waals surface area (Å²) in [6.45, 7) is 19.1. The Bertz CT molecular complexity index is 1460. The van der Waals surface area contributed by atoms with Gasteiger partial charge in [-0.2, -0.15) is 13.8 Å². The third kappa shape index (κ3) is 27.1. The van der Waals surface area contributed by atoms with Gasteiger partial charge in [-0.15, -0.1) is 0 Å². The van der Waals surface area contributed by atoms with E-state index in [0.29, 0.717) is 0 Å². The van der Waals surface area contributed by atoms with Crippen LogP contribution in [0.3, 0.4) is 0 Å². The quantitative estimate of drug-likeness (QED) is 0.0279. The van der Waals surface area contributed by atoms with E-state index in [9.17, 15) is 5.53 Å². The minimum Gasteiger partial charge on any atom is -0.493 e. The Morgan fingerprint density at radius 2 is 0.762 bits per heavy atom. The number of rotatable bonds is 37. The topological polar surface area (TPSA) is 25.3 Å². The summed E-state index contributed by atoms with van der Waals surface area (Å²) in [5.41, 5.74) is 21.5. The van der Waals surface area contributed by atoms with Crippen molar-refractivity contribution in [2.24, 2.45) is 0 Å². The normalized spacial score (nSPS) is 12.4. The molecule has 0 bridgehead atoms. The number of hydrogen-bond donors (Lipinski definition) is 0. The van der Waals surface area contributed by atoms with Crippen LogP contribution < -0.4 is 0 Å². The number of aryl methyl sites for hydroxylation is 2. The molecule has 63 heavy (non-hydrogen) atoms. The Morgan fingerprint density at radius 3 is 1.14 bits per heavy atom. The van der Waals surface area contributed by atoms with Gasteiger partial charge in [0.15, 0.2) is 0 Å². The molecule has 0 unspecified atom stereocenters. The predicted molar refractivity (Wildman–Crippen MR) is 279 cm³/mol. The monoisotopic (exact) mass is 907 g/mol. The molecule has 1 aliphatic rings. The van der Waals surface area contributed by atoms with Gasteiger partial charge in [0.1, 0.15) is 0 Å². The van der Waals surface area contributed by atoms with Crippen LogP contribution in [0.4, 0.5) is 0 Å². The molecule has 0 N–H and O–H groups in total. The third-order valence-electron chi connectivity index (χ3n) is 12.6. The van der Waals surface area contributed by atoms with Gasteiger partial charge in [-0.1, -0.05) is 231 Å². The molecule has 0 saturated heterocycles. The molecule has 0 saturated carbocycles. The summed E-state index contributed by atoms with van der Waals surface area (Å²) < 4.78 is 1.54. The van der Waals surface area contributed by atoms with Gasteiger partial charge >= 0.3 is 16.5 Å². The maximum atomic E-state index is 12.1. The van der Waals surface area contributed by atoms with E-state index in [-0.39, 0.29) is 16.5 Å². The molecular weight excluding hydrogens is 807 g/mol. The molecule has 0 fully saturated rings. The van der Waals surface area contributed by atoms with Crippen LogP contribution in [0.2, 0.25) is 0 Å². The van der Waals surface area contributed by atoms with E-state index >= 15 is 0 Å². The van der Waals surface area contributed by atoms with E-state index in [1.807, 2.05) is 0 Å². The molecule has 0 atom stereocenters. The van der Waals surface area contributed by atoms with Crippen molar-refractivity contribution >= 4 is 11.4 Å². The summed E-state index contributed by atoms with van der Waals surface area (Å²) in [5.74, 6) is 0. The fraction of sp³-hybridized carbons (Fsp3) is 0.667. The number of hydrogen-bond acceptors (Lipinski definition) is 0. The van der Waals surface area contributed by atoms with Crippen molar-refractivity contribution in [3.63, 3.8) is 0 Å². The first-order valence-corrected chi connectivity index (χ1v) is 26.9. The second kappa shape index (κ2) is 43.6. The van der Waals surface area contributed by atoms with E-state index in [4.69, 9.17) is 0 Å². The molecule has 3 rings (SSSR count). The molecule has 2 nitrogen and oxygen atoms in total. The maximum Gasteiger partial charge on any atom is 2.00 e. The van der Waals surface area contributed by atoms with Gasteiger partial charge in [0, 0.05) is 16.7 Å². The van der Waals surface area contributed by atoms with E-state index in [1.54, 1.807) is 18.5 Å². The van der Waals surface area contributed by atoms with Gasteiger partial charge in [-0.05, 0) is 86.8 Å². The largest absolute Gasteiger partial charge is 2.00 e. The van der Waals surface area contributed by atoms with E-state index < -0.39 is 0 Å². The fourth-order valence-corrected chi connectivity index (χ4v) is 8.92. The second-order valence-electron chi connectivity index (χ2n) is 17.9. The minimum atomic E-state index is 0. The molecule has 2 aromatic rings. The zero-order valence-electron chi connectivity index (χ0n) is 42.4. The summed E-state index contributed by atoms with van der Waals surface area (Å²) in [6.07, 6.45) is 50.3. The fourth-order valence-electron chi connectivity index (χ4n) is 8.92. The summed E-state index contributed by atoms with van der Waals surface area (Å²) in [6, 6.07) is 17.9. The van der Waals surface area contributed by atoms with Crippen LogP contribution in [0.15, 0.2) is 71.8 Å². The van der Waals surface area contributed by atoms with Crippen molar-refractivity contribution < 1.29 is 21.2 Å². The van der Waals surface area contributed by atoms with Crippen LogP contribution in [-0.2, 0) is 29.3 Å². The van der Waals surface area contributed by atoms with Crippen LogP contribution in [-0.4, -0.2) is 4.70 Å². The van der Waals surface area contributed by atoms with Gasteiger partial charge in [-0.25, -0.2) is 4.70 Å². The standard InChI is InChI=1S/C56H90N2.2C2H5.Ni/c1-5-9-13-14-15-16-17-18-19-20-21-22-23-24-25-26-27-28-29-30-31-32-33-34-35-36-46-54-53(45-12-8-4)55(51-43-37-41-49(47-51)39-10-6-2)58(57)56(54)52-44-38-42-50(48-52)40-11-7-3;2*1-2;/h36-38,41-44,46-48H,5-35,39-40,45H2,1-4H3;2*1H2,2H3;/q;2*-1;+2. The zero-order chi connectivity index (χ0) is 45.3. The second-order valence-corrected chi connectivity index (χ2v) is 17.9. The molecule has 3 heteroatoms. The first kappa shape index (κ1) is 60.8. The Kier molecular flexibility index (Phi) is 42.1. The third-order valence-corrected chi connectivity index (χ3v) is 12.6. The van der Waals surface area contributed by atoms with Crippen molar-refractivity contribution in [1.82, 2.24) is 0 Å². The van der Waals surface area contributed by atoms with E-state index in [2.05, 4.69) is 102 Å². The molecule has 1 heterocycles. The Labute approximate surface area is 403 Å².